The van der Waals surface area contributed by atoms with Crippen molar-refractivity contribution in [1.29, 1.82) is 0 Å². The van der Waals surface area contributed by atoms with Crippen LogP contribution in [0.4, 0.5) is 11.4 Å². The van der Waals surface area contributed by atoms with Crippen LogP contribution in [0.1, 0.15) is 17.3 Å². The number of hydrogen-bond donors (Lipinski definition) is 2. The Kier molecular flexibility index (Phi) is 5.07. The first kappa shape index (κ1) is 15.6. The Morgan fingerprint density at radius 2 is 1.89 bits per heavy atom. The van der Waals surface area contributed by atoms with Crippen LogP contribution in [0, 0.1) is 0 Å². The Labute approximate surface area is 119 Å². The minimum absolute atomic E-state index is 0.130. The second kappa shape index (κ2) is 6.16. The van der Waals surface area contributed by atoms with Crippen LogP contribution in [0.5, 0.6) is 0 Å². The van der Waals surface area contributed by atoms with E-state index < -0.39 is 10.0 Å². The number of sulfonamides is 1. The summed E-state index contributed by atoms with van der Waals surface area (Å²) in [5, 5.41) is 2.62. The molecular weight excluding hydrogens is 336 g/mol. The van der Waals surface area contributed by atoms with E-state index in [0.717, 1.165) is 6.26 Å². The number of carbonyl (C=O) groups excluding carboxylic acids is 2. The number of rotatable bonds is 5. The van der Waals surface area contributed by atoms with Gasteiger partial charge in [-0.2, -0.15) is 0 Å². The van der Waals surface area contributed by atoms with Crippen LogP contribution in [0.25, 0.3) is 0 Å². The lowest BCUT2D eigenvalue weighted by Gasteiger charge is -2.12. The second-order valence-corrected chi connectivity index (χ2v) is 6.18. The molecule has 0 unspecified atom stereocenters. The Hall–Kier alpha value is -1.41. The average molecular weight is 349 g/mol. The average Bonchev–Trinajstić information content (AvgIpc) is 2.28. The van der Waals surface area contributed by atoms with E-state index in [9.17, 15) is 18.0 Å². The van der Waals surface area contributed by atoms with Gasteiger partial charge in [0.15, 0.2) is 5.78 Å². The smallest absolute Gasteiger partial charge is 0.229 e. The van der Waals surface area contributed by atoms with Crippen molar-refractivity contribution in [3.05, 3.63) is 23.8 Å². The van der Waals surface area contributed by atoms with Crippen molar-refractivity contribution in [2.75, 3.05) is 21.6 Å². The molecule has 0 aliphatic carbocycles. The quantitative estimate of drug-likeness (QED) is 0.624. The molecule has 0 radical (unpaired) electrons. The summed E-state index contributed by atoms with van der Waals surface area (Å²) in [6, 6.07) is 4.38. The number of benzene rings is 1. The zero-order valence-electron chi connectivity index (χ0n) is 10.4. The summed E-state index contributed by atoms with van der Waals surface area (Å²) >= 11 is 3.04. The van der Waals surface area contributed by atoms with Gasteiger partial charge in [0, 0.05) is 12.5 Å². The first-order chi connectivity index (χ1) is 8.73. The van der Waals surface area contributed by atoms with Gasteiger partial charge < -0.3 is 5.32 Å². The topological polar surface area (TPSA) is 92.3 Å². The van der Waals surface area contributed by atoms with Gasteiger partial charge in [-0.1, -0.05) is 15.9 Å². The fraction of sp³-hybridized carbons (Fsp3) is 0.273. The molecule has 0 atom stereocenters. The molecule has 2 N–H and O–H groups in total. The molecule has 0 fully saturated rings. The van der Waals surface area contributed by atoms with Gasteiger partial charge in [0.2, 0.25) is 15.9 Å². The molecule has 0 aliphatic heterocycles. The highest BCUT2D eigenvalue weighted by Gasteiger charge is 2.12. The summed E-state index contributed by atoms with van der Waals surface area (Å²) < 4.78 is 24.8. The maximum Gasteiger partial charge on any atom is 0.229 e. The van der Waals surface area contributed by atoms with E-state index >= 15 is 0 Å². The van der Waals surface area contributed by atoms with Gasteiger partial charge in [0.25, 0.3) is 0 Å². The highest BCUT2D eigenvalue weighted by atomic mass is 79.9. The maximum atomic E-state index is 11.6. The zero-order valence-corrected chi connectivity index (χ0v) is 12.8. The Morgan fingerprint density at radius 1 is 1.26 bits per heavy atom. The van der Waals surface area contributed by atoms with Crippen molar-refractivity contribution >= 4 is 49.0 Å². The highest BCUT2D eigenvalue weighted by molar-refractivity contribution is 9.09. The third-order valence-corrected chi connectivity index (χ3v) is 3.17. The summed E-state index contributed by atoms with van der Waals surface area (Å²) in [6.07, 6.45) is 0.990. The van der Waals surface area contributed by atoms with Crippen LogP contribution in [0.15, 0.2) is 18.2 Å². The molecule has 6 nitrogen and oxygen atoms in total. The lowest BCUT2D eigenvalue weighted by Crippen LogP contribution is -2.15. The third-order valence-electron chi connectivity index (χ3n) is 2.07. The van der Waals surface area contributed by atoms with Crippen molar-refractivity contribution in [1.82, 2.24) is 0 Å². The molecular formula is C11H13BrN2O4S. The molecule has 0 aliphatic rings. The fourth-order valence-electron chi connectivity index (χ4n) is 1.38. The molecule has 0 spiro atoms. The number of halogens is 1. The molecule has 1 aromatic carbocycles. The number of amides is 1. The van der Waals surface area contributed by atoms with Gasteiger partial charge in [-0.3, -0.25) is 14.3 Å². The normalized spacial score (nSPS) is 10.9. The van der Waals surface area contributed by atoms with Crippen LogP contribution < -0.4 is 10.0 Å². The van der Waals surface area contributed by atoms with Crippen molar-refractivity contribution in [2.45, 2.75) is 6.92 Å². The van der Waals surface area contributed by atoms with E-state index in [4.69, 9.17) is 0 Å². The second-order valence-electron chi connectivity index (χ2n) is 3.87. The van der Waals surface area contributed by atoms with E-state index in [1.54, 1.807) is 0 Å². The zero-order chi connectivity index (χ0) is 14.6. The van der Waals surface area contributed by atoms with E-state index in [0.29, 0.717) is 11.3 Å². The summed E-state index contributed by atoms with van der Waals surface area (Å²) in [5.41, 5.74) is 0.797. The summed E-state index contributed by atoms with van der Waals surface area (Å²) in [4.78, 5) is 22.6. The highest BCUT2D eigenvalue weighted by Crippen LogP contribution is 2.24. The third kappa shape index (κ3) is 4.99. The van der Waals surface area contributed by atoms with Gasteiger partial charge in [0.05, 0.1) is 23.0 Å². The predicted octanol–water partition coefficient (Wildman–Crippen LogP) is 1.59. The minimum atomic E-state index is -3.51. The molecule has 19 heavy (non-hydrogen) atoms. The number of anilines is 2. The maximum absolute atomic E-state index is 11.6. The predicted molar refractivity (Wildman–Crippen MR) is 77.3 cm³/mol. The number of hydrogen-bond acceptors (Lipinski definition) is 4. The molecule has 0 aromatic heterocycles. The molecule has 0 heterocycles. The van der Waals surface area contributed by atoms with E-state index in [-0.39, 0.29) is 22.7 Å². The molecule has 1 amide bonds. The van der Waals surface area contributed by atoms with Gasteiger partial charge >= 0.3 is 0 Å². The largest absolute Gasteiger partial charge is 0.325 e. The van der Waals surface area contributed by atoms with Crippen LogP contribution in [-0.4, -0.2) is 31.7 Å². The van der Waals surface area contributed by atoms with E-state index in [1.807, 2.05) is 0 Å². The van der Waals surface area contributed by atoms with Crippen LogP contribution in [-0.2, 0) is 14.8 Å². The van der Waals surface area contributed by atoms with Gasteiger partial charge in [-0.15, -0.1) is 0 Å². The van der Waals surface area contributed by atoms with Gasteiger partial charge in [-0.25, -0.2) is 8.42 Å². The number of nitrogens with one attached hydrogen (secondary N) is 2. The molecule has 1 rings (SSSR count). The Balaban J connectivity index is 3.25. The van der Waals surface area contributed by atoms with Crippen LogP contribution >= 0.6 is 15.9 Å². The molecule has 0 saturated carbocycles. The number of carbonyl (C=O) groups is 2. The first-order valence-electron chi connectivity index (χ1n) is 5.21. The summed E-state index contributed by atoms with van der Waals surface area (Å²) in [7, 11) is -3.51. The minimum Gasteiger partial charge on any atom is -0.325 e. The van der Waals surface area contributed by atoms with Crippen LogP contribution in [0.2, 0.25) is 0 Å². The van der Waals surface area contributed by atoms with Crippen molar-refractivity contribution in [3.63, 3.8) is 0 Å². The number of ketones is 1. The van der Waals surface area contributed by atoms with E-state index in [1.165, 1.54) is 25.1 Å². The molecule has 0 saturated heterocycles. The van der Waals surface area contributed by atoms with Crippen molar-refractivity contribution in [3.8, 4) is 0 Å². The Morgan fingerprint density at radius 3 is 2.37 bits per heavy atom. The first-order valence-corrected chi connectivity index (χ1v) is 8.23. The van der Waals surface area contributed by atoms with Crippen LogP contribution in [0.3, 0.4) is 0 Å². The molecule has 1 aromatic rings. The monoisotopic (exact) mass is 348 g/mol. The van der Waals surface area contributed by atoms with Gasteiger partial charge in [0.1, 0.15) is 0 Å². The van der Waals surface area contributed by atoms with Crippen molar-refractivity contribution < 1.29 is 18.0 Å². The fourth-order valence-corrected chi connectivity index (χ4v) is 2.27. The molecule has 0 bridgehead atoms. The molecule has 104 valence electrons. The number of alkyl halides is 1. The van der Waals surface area contributed by atoms with Gasteiger partial charge in [-0.05, 0) is 18.2 Å². The summed E-state index contributed by atoms with van der Waals surface area (Å²) in [5.74, 6) is -0.526. The standard InChI is InChI=1S/C11H13BrN2O4S/c1-7(15)13-9-4-3-8(11(16)6-12)5-10(9)14-19(2,17)18/h3-5,14H,6H2,1-2H3,(H,13,15). The Bertz CT molecular complexity index is 613. The van der Waals surface area contributed by atoms with Crippen molar-refractivity contribution in [2.24, 2.45) is 0 Å². The lowest BCUT2D eigenvalue weighted by atomic mass is 10.1. The molecule has 8 heteroatoms. The SMILES string of the molecule is CC(=O)Nc1ccc(C(=O)CBr)cc1NS(C)(=O)=O. The number of Topliss-reactive ketones (excluding diaryl/α,β-unsaturated/α-hetero) is 1. The summed E-state index contributed by atoms with van der Waals surface area (Å²) in [6.45, 7) is 1.31. The van der Waals surface area contributed by atoms with E-state index in [2.05, 4.69) is 26.0 Å². The lowest BCUT2D eigenvalue weighted by molar-refractivity contribution is -0.114.